The van der Waals surface area contributed by atoms with Crippen LogP contribution in [-0.4, -0.2) is 32.0 Å². The van der Waals surface area contributed by atoms with Gasteiger partial charge in [0.2, 0.25) is 0 Å². The summed E-state index contributed by atoms with van der Waals surface area (Å²) in [5.74, 6) is 0. The molecule has 14 heavy (non-hydrogen) atoms. The van der Waals surface area contributed by atoms with Crippen molar-refractivity contribution < 1.29 is 17.9 Å². The average Bonchev–Trinajstić information content (AvgIpc) is 2.08. The fraction of sp³-hybridized carbons (Fsp3) is 1.00. The molecule has 0 spiro atoms. The maximum absolute atomic E-state index is 11.7. The van der Waals surface area contributed by atoms with E-state index in [-0.39, 0.29) is 6.10 Å². The molecule has 0 fully saturated rings. The van der Waals surface area contributed by atoms with Crippen LogP contribution in [0.25, 0.3) is 0 Å². The van der Waals surface area contributed by atoms with Crippen molar-refractivity contribution >= 4 is 0 Å². The van der Waals surface area contributed by atoms with Gasteiger partial charge in [-0.3, -0.25) is 0 Å². The van der Waals surface area contributed by atoms with Crippen LogP contribution in [0.4, 0.5) is 13.2 Å². The van der Waals surface area contributed by atoms with E-state index in [0.717, 1.165) is 19.5 Å². The van der Waals surface area contributed by atoms with Gasteiger partial charge in [0, 0.05) is 0 Å². The van der Waals surface area contributed by atoms with Crippen LogP contribution < -0.4 is 5.32 Å². The molecule has 0 rings (SSSR count). The van der Waals surface area contributed by atoms with Gasteiger partial charge in [0.25, 0.3) is 0 Å². The largest absolute Gasteiger partial charge is 0.411 e. The monoisotopic (exact) mass is 213 g/mol. The third kappa shape index (κ3) is 9.80. The molecule has 0 aliphatic heterocycles. The highest BCUT2D eigenvalue weighted by Crippen LogP contribution is 2.16. The van der Waals surface area contributed by atoms with Crippen molar-refractivity contribution in [2.75, 3.05) is 19.7 Å². The standard InChI is InChI=1S/C9H18F3NO/c1-3-13-6-4-5-8(2)14-7-9(10,11)12/h8,13H,3-7H2,1-2H3. The van der Waals surface area contributed by atoms with E-state index >= 15 is 0 Å². The van der Waals surface area contributed by atoms with E-state index in [1.54, 1.807) is 6.92 Å². The highest BCUT2D eigenvalue weighted by molar-refractivity contribution is 4.55. The zero-order valence-corrected chi connectivity index (χ0v) is 8.66. The minimum Gasteiger partial charge on any atom is -0.369 e. The molecule has 0 aromatic carbocycles. The fourth-order valence-corrected chi connectivity index (χ4v) is 1.01. The molecule has 0 bridgehead atoms. The summed E-state index contributed by atoms with van der Waals surface area (Å²) >= 11 is 0. The van der Waals surface area contributed by atoms with E-state index in [4.69, 9.17) is 0 Å². The molecular formula is C9H18F3NO. The molecule has 0 radical (unpaired) electrons. The van der Waals surface area contributed by atoms with Gasteiger partial charge in [0.15, 0.2) is 0 Å². The maximum Gasteiger partial charge on any atom is 0.411 e. The Kier molecular flexibility index (Phi) is 6.92. The summed E-state index contributed by atoms with van der Waals surface area (Å²) in [6.45, 7) is 4.23. The Balaban J connectivity index is 3.32. The highest BCUT2D eigenvalue weighted by Gasteiger charge is 2.28. The molecule has 86 valence electrons. The lowest BCUT2D eigenvalue weighted by molar-refractivity contribution is -0.184. The predicted octanol–water partition coefficient (Wildman–Crippen LogP) is 2.34. The second-order valence-corrected chi connectivity index (χ2v) is 3.23. The number of ether oxygens (including phenoxy) is 1. The van der Waals surface area contributed by atoms with E-state index in [1.807, 2.05) is 6.92 Å². The lowest BCUT2D eigenvalue weighted by Crippen LogP contribution is -2.22. The molecule has 1 atom stereocenters. The normalized spacial score (nSPS) is 14.4. The molecule has 0 amide bonds. The van der Waals surface area contributed by atoms with Crippen molar-refractivity contribution in [3.63, 3.8) is 0 Å². The summed E-state index contributed by atoms with van der Waals surface area (Å²) in [5.41, 5.74) is 0. The van der Waals surface area contributed by atoms with Gasteiger partial charge in [-0.1, -0.05) is 6.92 Å². The van der Waals surface area contributed by atoms with E-state index < -0.39 is 12.8 Å². The third-order valence-electron chi connectivity index (χ3n) is 1.75. The first-order valence-electron chi connectivity index (χ1n) is 4.84. The van der Waals surface area contributed by atoms with Crippen LogP contribution in [-0.2, 0) is 4.74 Å². The first-order valence-corrected chi connectivity index (χ1v) is 4.84. The molecule has 0 aliphatic rings. The summed E-state index contributed by atoms with van der Waals surface area (Å²) < 4.78 is 39.8. The van der Waals surface area contributed by atoms with E-state index in [1.165, 1.54) is 0 Å². The van der Waals surface area contributed by atoms with Gasteiger partial charge in [0.05, 0.1) is 6.10 Å². The smallest absolute Gasteiger partial charge is 0.369 e. The summed E-state index contributed by atoms with van der Waals surface area (Å²) in [6, 6.07) is 0. The molecule has 0 heterocycles. The molecule has 0 aromatic rings. The zero-order valence-electron chi connectivity index (χ0n) is 8.66. The van der Waals surface area contributed by atoms with Crippen molar-refractivity contribution in [3.05, 3.63) is 0 Å². The summed E-state index contributed by atoms with van der Waals surface area (Å²) in [5, 5.41) is 3.10. The quantitative estimate of drug-likeness (QED) is 0.655. The second kappa shape index (κ2) is 7.06. The van der Waals surface area contributed by atoms with Crippen molar-refractivity contribution in [1.82, 2.24) is 5.32 Å². The van der Waals surface area contributed by atoms with Gasteiger partial charge in [-0.05, 0) is 32.9 Å². The Morgan fingerprint density at radius 2 is 2.00 bits per heavy atom. The zero-order chi connectivity index (χ0) is 11.0. The van der Waals surface area contributed by atoms with Crippen LogP contribution in [0.2, 0.25) is 0 Å². The number of alkyl halides is 3. The lowest BCUT2D eigenvalue weighted by Gasteiger charge is -2.14. The molecule has 2 nitrogen and oxygen atoms in total. The number of hydrogen-bond acceptors (Lipinski definition) is 2. The summed E-state index contributed by atoms with van der Waals surface area (Å²) in [7, 11) is 0. The van der Waals surface area contributed by atoms with Crippen LogP contribution >= 0.6 is 0 Å². The van der Waals surface area contributed by atoms with Crippen molar-refractivity contribution in [2.45, 2.75) is 39.0 Å². The molecule has 1 unspecified atom stereocenters. The van der Waals surface area contributed by atoms with E-state index in [9.17, 15) is 13.2 Å². The van der Waals surface area contributed by atoms with Crippen LogP contribution in [0, 0.1) is 0 Å². The van der Waals surface area contributed by atoms with Crippen LogP contribution in [0.1, 0.15) is 26.7 Å². The first kappa shape index (κ1) is 13.7. The van der Waals surface area contributed by atoms with Gasteiger partial charge >= 0.3 is 6.18 Å². The second-order valence-electron chi connectivity index (χ2n) is 3.23. The maximum atomic E-state index is 11.7. The number of halogens is 3. The first-order chi connectivity index (χ1) is 6.45. The van der Waals surface area contributed by atoms with Crippen molar-refractivity contribution in [2.24, 2.45) is 0 Å². The molecule has 0 aromatic heterocycles. The molecule has 0 saturated heterocycles. The minimum absolute atomic E-state index is 0.324. The van der Waals surface area contributed by atoms with Gasteiger partial charge in [0.1, 0.15) is 6.61 Å². The van der Waals surface area contributed by atoms with Crippen LogP contribution in [0.15, 0.2) is 0 Å². The number of hydrogen-bond donors (Lipinski definition) is 1. The van der Waals surface area contributed by atoms with Crippen LogP contribution in [0.3, 0.4) is 0 Å². The number of rotatable bonds is 7. The van der Waals surface area contributed by atoms with Crippen molar-refractivity contribution in [1.29, 1.82) is 0 Å². The fourth-order valence-electron chi connectivity index (χ4n) is 1.01. The summed E-state index contributed by atoms with van der Waals surface area (Å²) in [6.07, 6.45) is -3.04. The summed E-state index contributed by atoms with van der Waals surface area (Å²) in [4.78, 5) is 0. The topological polar surface area (TPSA) is 21.3 Å². The third-order valence-corrected chi connectivity index (χ3v) is 1.75. The highest BCUT2D eigenvalue weighted by atomic mass is 19.4. The Labute approximate surface area is 82.8 Å². The van der Waals surface area contributed by atoms with E-state index in [0.29, 0.717) is 6.42 Å². The number of nitrogens with one attached hydrogen (secondary N) is 1. The Hall–Kier alpha value is -0.290. The van der Waals surface area contributed by atoms with Gasteiger partial charge < -0.3 is 10.1 Å². The van der Waals surface area contributed by atoms with Gasteiger partial charge in [-0.2, -0.15) is 13.2 Å². The molecule has 0 saturated carbocycles. The molecule has 0 aliphatic carbocycles. The Morgan fingerprint density at radius 3 is 2.50 bits per heavy atom. The predicted molar refractivity (Wildman–Crippen MR) is 49.2 cm³/mol. The lowest BCUT2D eigenvalue weighted by atomic mass is 10.2. The van der Waals surface area contributed by atoms with Crippen LogP contribution in [0.5, 0.6) is 0 Å². The van der Waals surface area contributed by atoms with Gasteiger partial charge in [-0.25, -0.2) is 0 Å². The Morgan fingerprint density at radius 1 is 1.36 bits per heavy atom. The Bertz CT molecular complexity index is 139. The molecular weight excluding hydrogens is 195 g/mol. The van der Waals surface area contributed by atoms with Crippen molar-refractivity contribution in [3.8, 4) is 0 Å². The van der Waals surface area contributed by atoms with E-state index in [2.05, 4.69) is 10.1 Å². The molecule has 1 N–H and O–H groups in total. The van der Waals surface area contributed by atoms with Gasteiger partial charge in [-0.15, -0.1) is 0 Å². The molecule has 5 heteroatoms. The minimum atomic E-state index is -4.21. The SMILES string of the molecule is CCNCCCC(C)OCC(F)(F)F. The average molecular weight is 213 g/mol.